The van der Waals surface area contributed by atoms with Gasteiger partial charge in [0.2, 0.25) is 5.91 Å². The van der Waals surface area contributed by atoms with Gasteiger partial charge in [-0.1, -0.05) is 57.2 Å². The van der Waals surface area contributed by atoms with Crippen LogP contribution in [0, 0.1) is 5.41 Å². The Hall–Kier alpha value is -3.86. The van der Waals surface area contributed by atoms with E-state index in [2.05, 4.69) is 20.3 Å². The third kappa shape index (κ3) is 5.62. The Bertz CT molecular complexity index is 1670. The predicted molar refractivity (Wildman–Crippen MR) is 153 cm³/mol. The summed E-state index contributed by atoms with van der Waals surface area (Å²) in [6.07, 6.45) is 3.22. The van der Waals surface area contributed by atoms with Crippen LogP contribution < -0.4 is 5.32 Å². The Morgan fingerprint density at radius 3 is 2.48 bits per heavy atom. The normalized spacial score (nSPS) is 17.0. The summed E-state index contributed by atoms with van der Waals surface area (Å²) in [7, 11) is -5.75. The number of nitrogens with one attached hydrogen (secondary N) is 3. The number of nitrogens with zero attached hydrogens (tertiary/aromatic N) is 2. The molecule has 0 bridgehead atoms. The highest BCUT2D eigenvalue weighted by Crippen LogP contribution is 2.59. The van der Waals surface area contributed by atoms with Crippen molar-refractivity contribution in [2.24, 2.45) is 5.41 Å². The first-order chi connectivity index (χ1) is 19.7. The molecule has 0 saturated carbocycles. The molecule has 2 aromatic heterocycles. The zero-order valence-electron chi connectivity index (χ0n) is 23.3. The highest BCUT2D eigenvalue weighted by Gasteiger charge is 2.50. The number of aromatic nitrogens is 3. The van der Waals surface area contributed by atoms with Crippen LogP contribution in [-0.2, 0) is 15.0 Å². The monoisotopic (exact) mass is 599 g/mol. The minimum atomic E-state index is -5.75. The van der Waals surface area contributed by atoms with Crippen LogP contribution in [0.15, 0.2) is 60.8 Å². The van der Waals surface area contributed by atoms with Gasteiger partial charge in [-0.2, -0.15) is 8.78 Å². The number of carbonyl (C=O) groups is 2. The predicted octanol–water partition coefficient (Wildman–Crippen LogP) is 5.29. The Morgan fingerprint density at radius 1 is 1.10 bits per heavy atom. The van der Waals surface area contributed by atoms with Gasteiger partial charge in [-0.3, -0.25) is 14.2 Å². The zero-order chi connectivity index (χ0) is 30.4. The summed E-state index contributed by atoms with van der Waals surface area (Å²) in [5, 5.41) is 2.98. The van der Waals surface area contributed by atoms with Crippen LogP contribution in [-0.4, -0.2) is 54.0 Å². The van der Waals surface area contributed by atoms with Crippen LogP contribution in [0.2, 0.25) is 0 Å². The summed E-state index contributed by atoms with van der Waals surface area (Å²) in [4.78, 5) is 57.9. The highest BCUT2D eigenvalue weighted by molar-refractivity contribution is 7.52. The van der Waals surface area contributed by atoms with Crippen LogP contribution in [0.4, 0.5) is 8.78 Å². The Labute approximate surface area is 240 Å². The van der Waals surface area contributed by atoms with E-state index < -0.39 is 36.2 Å². The zero-order valence-corrected chi connectivity index (χ0v) is 24.2. The van der Waals surface area contributed by atoms with Gasteiger partial charge in [0.15, 0.2) is 0 Å². The van der Waals surface area contributed by atoms with Gasteiger partial charge in [0.1, 0.15) is 17.6 Å². The molecule has 1 aliphatic rings. The summed E-state index contributed by atoms with van der Waals surface area (Å²) < 4.78 is 39.8. The average molecular weight is 600 g/mol. The molecule has 0 radical (unpaired) electrons. The van der Waals surface area contributed by atoms with Gasteiger partial charge in [0, 0.05) is 23.0 Å². The molecule has 1 saturated heterocycles. The molecule has 1 fully saturated rings. The third-order valence-corrected chi connectivity index (χ3v) is 8.49. The fourth-order valence-electron chi connectivity index (χ4n) is 5.22. The Morgan fingerprint density at radius 2 is 1.81 bits per heavy atom. The van der Waals surface area contributed by atoms with Crippen LogP contribution in [0.5, 0.6) is 0 Å². The molecular weight excluding hydrogens is 567 g/mol. The number of rotatable bonds is 7. The first-order valence-electron chi connectivity index (χ1n) is 13.4. The molecule has 10 nitrogen and oxygen atoms in total. The van der Waals surface area contributed by atoms with Gasteiger partial charge < -0.3 is 30.0 Å². The maximum absolute atomic E-state index is 14.2. The summed E-state index contributed by atoms with van der Waals surface area (Å²) in [6, 6.07) is 12.9. The van der Waals surface area contributed by atoms with Crippen LogP contribution >= 0.6 is 7.60 Å². The highest BCUT2D eigenvalue weighted by atomic mass is 31.2. The standard InChI is InChI=1S/C29H32F2N5O5P/c1-28(2,3)24(27(38)36-13-7-10-23(36)25-32-16-22(34-25)17-8-5-4-6-9-17)35-26(37)21-15-18-14-19(11-12-20(18)33-21)29(30,31)42(39,40)41/h4-6,8-9,11-12,14-16,23-24,33H,7,10,13H2,1-3H3,(H,32,34)(H,35,37)(H2,39,40,41)/t23-,24+/m0/s1. The summed E-state index contributed by atoms with van der Waals surface area (Å²) in [6.45, 7) is 6.01. The van der Waals surface area contributed by atoms with Crippen LogP contribution in [0.25, 0.3) is 22.2 Å². The molecule has 5 N–H and O–H groups in total. The number of carbonyl (C=O) groups excluding carboxylic acids is 2. The summed E-state index contributed by atoms with van der Waals surface area (Å²) >= 11 is 0. The van der Waals surface area contributed by atoms with E-state index in [1.165, 1.54) is 12.1 Å². The summed E-state index contributed by atoms with van der Waals surface area (Å²) in [5.41, 5.74) is -3.79. The fourth-order valence-corrected chi connectivity index (χ4v) is 5.69. The number of aromatic amines is 2. The Kier molecular flexibility index (Phi) is 7.59. The van der Waals surface area contributed by atoms with E-state index in [1.54, 1.807) is 11.1 Å². The van der Waals surface area contributed by atoms with Crippen LogP contribution in [0.1, 0.15) is 61.5 Å². The molecule has 4 aromatic rings. The number of fused-ring (bicyclic) bond motifs is 1. The minimum absolute atomic E-state index is 0.0141. The largest absolute Gasteiger partial charge is 0.399 e. The molecule has 0 aliphatic carbocycles. The van der Waals surface area contributed by atoms with Gasteiger partial charge in [0.25, 0.3) is 5.91 Å². The van der Waals surface area contributed by atoms with Crippen molar-refractivity contribution in [2.75, 3.05) is 6.54 Å². The maximum atomic E-state index is 14.2. The second kappa shape index (κ2) is 10.8. The van der Waals surface area contributed by atoms with E-state index in [-0.39, 0.29) is 23.0 Å². The van der Waals surface area contributed by atoms with Crippen molar-refractivity contribution in [3.05, 3.63) is 77.9 Å². The summed E-state index contributed by atoms with van der Waals surface area (Å²) in [5.74, 6) is -0.226. The van der Waals surface area contributed by atoms with Crippen molar-refractivity contribution in [3.63, 3.8) is 0 Å². The molecule has 222 valence electrons. The first kappa shape index (κ1) is 29.6. The lowest BCUT2D eigenvalue weighted by molar-refractivity contribution is -0.137. The van der Waals surface area contributed by atoms with Gasteiger partial charge in [-0.15, -0.1) is 0 Å². The molecule has 13 heteroatoms. The number of alkyl halides is 2. The molecule has 2 atom stereocenters. The number of imidazole rings is 1. The number of amides is 2. The van der Waals surface area contributed by atoms with Gasteiger partial charge >= 0.3 is 13.3 Å². The van der Waals surface area contributed by atoms with Gasteiger partial charge in [0.05, 0.1) is 17.9 Å². The van der Waals surface area contributed by atoms with Crippen molar-refractivity contribution in [1.29, 1.82) is 0 Å². The van der Waals surface area contributed by atoms with Gasteiger partial charge in [-0.25, -0.2) is 4.98 Å². The lowest BCUT2D eigenvalue weighted by Gasteiger charge is -2.35. The lowest BCUT2D eigenvalue weighted by atomic mass is 9.85. The topological polar surface area (TPSA) is 151 Å². The van der Waals surface area contributed by atoms with E-state index >= 15 is 0 Å². The molecular formula is C29H32F2N5O5P. The fraction of sp³-hybridized carbons (Fsp3) is 0.345. The number of likely N-dealkylation sites (tertiary alicyclic amines) is 1. The minimum Gasteiger partial charge on any atom is -0.351 e. The maximum Gasteiger partial charge on any atom is 0.399 e. The second-order valence-corrected chi connectivity index (χ2v) is 13.2. The lowest BCUT2D eigenvalue weighted by Crippen LogP contribution is -2.54. The van der Waals surface area contributed by atoms with Gasteiger partial charge in [-0.05, 0) is 42.0 Å². The molecule has 3 heterocycles. The molecule has 0 unspecified atom stereocenters. The van der Waals surface area contributed by atoms with Crippen molar-refractivity contribution in [2.45, 2.75) is 51.4 Å². The van der Waals surface area contributed by atoms with E-state index in [0.29, 0.717) is 24.3 Å². The smallest absolute Gasteiger partial charge is 0.351 e. The third-order valence-electron chi connectivity index (χ3n) is 7.50. The second-order valence-electron chi connectivity index (χ2n) is 11.6. The van der Waals surface area contributed by atoms with Crippen LogP contribution in [0.3, 0.4) is 0 Å². The van der Waals surface area contributed by atoms with Crippen molar-refractivity contribution < 1.29 is 32.7 Å². The van der Waals surface area contributed by atoms with Crippen molar-refractivity contribution in [3.8, 4) is 11.3 Å². The van der Waals surface area contributed by atoms with E-state index in [4.69, 9.17) is 9.79 Å². The first-order valence-corrected chi connectivity index (χ1v) is 15.1. The van der Waals surface area contributed by atoms with E-state index in [0.717, 1.165) is 29.8 Å². The molecule has 2 amide bonds. The number of benzene rings is 2. The molecule has 0 spiro atoms. The quantitative estimate of drug-likeness (QED) is 0.182. The average Bonchev–Trinajstić information content (AvgIpc) is 3.69. The number of hydrogen-bond donors (Lipinski definition) is 5. The Balaban J connectivity index is 1.37. The number of hydrogen-bond acceptors (Lipinski definition) is 4. The number of halogens is 2. The van der Waals surface area contributed by atoms with Crippen molar-refractivity contribution >= 4 is 30.3 Å². The molecule has 5 rings (SSSR count). The van der Waals surface area contributed by atoms with Crippen molar-refractivity contribution in [1.82, 2.24) is 25.2 Å². The van der Waals surface area contributed by atoms with E-state index in [9.17, 15) is 22.9 Å². The molecule has 42 heavy (non-hydrogen) atoms. The number of H-pyrrole nitrogens is 2. The molecule has 2 aromatic carbocycles. The van der Waals surface area contributed by atoms with E-state index in [1.807, 2.05) is 51.1 Å². The molecule has 1 aliphatic heterocycles. The SMILES string of the molecule is CC(C)(C)[C@H](NC(=O)c1cc2cc(C(F)(F)P(=O)(O)O)ccc2[nH]1)C(=O)N1CCC[C@H]1c1ncc(-c2ccccc2)[nH]1.